The van der Waals surface area contributed by atoms with E-state index < -0.39 is 103 Å². The molecule has 16 nitrogen and oxygen atoms in total. The van der Waals surface area contributed by atoms with E-state index in [-0.39, 0.29) is 25.7 Å². The second-order valence-electron chi connectivity index (χ2n) is 9.85. The van der Waals surface area contributed by atoms with E-state index in [1.807, 2.05) is 0 Å². The zero-order valence-corrected chi connectivity index (χ0v) is 22.6. The van der Waals surface area contributed by atoms with Crippen LogP contribution in [0.5, 0.6) is 0 Å². The highest BCUT2D eigenvalue weighted by molar-refractivity contribution is 5.90. The lowest BCUT2D eigenvalue weighted by molar-refractivity contribution is -0.155. The Hall–Kier alpha value is -4.24. The van der Waals surface area contributed by atoms with Crippen molar-refractivity contribution in [2.45, 2.75) is 89.8 Å². The number of carboxylic acids is 4. The Bertz CT molecular complexity index is 958. The second kappa shape index (κ2) is 17.4. The molecule has 226 valence electrons. The lowest BCUT2D eigenvalue weighted by atomic mass is 10.0. The van der Waals surface area contributed by atoms with Crippen LogP contribution < -0.4 is 16.0 Å². The van der Waals surface area contributed by atoms with E-state index in [9.17, 15) is 48.6 Å². The van der Waals surface area contributed by atoms with Crippen molar-refractivity contribution in [3.63, 3.8) is 0 Å². The molecule has 0 bridgehead atoms. The molecular formula is C24H37N3O13. The van der Waals surface area contributed by atoms with E-state index in [1.165, 1.54) is 0 Å². The normalized spacial score (nSPS) is 13.2. The van der Waals surface area contributed by atoms with E-state index in [0.29, 0.717) is 0 Å². The summed E-state index contributed by atoms with van der Waals surface area (Å²) in [5, 5.41) is 42.7. The lowest BCUT2D eigenvalue weighted by Crippen LogP contribution is -2.49. The minimum Gasteiger partial charge on any atom is -0.481 e. The molecule has 0 aromatic rings. The molecule has 3 amide bonds. The van der Waals surface area contributed by atoms with Crippen LogP contribution in [0.25, 0.3) is 0 Å². The van der Waals surface area contributed by atoms with Crippen molar-refractivity contribution in [3.8, 4) is 0 Å². The molecule has 0 aliphatic rings. The van der Waals surface area contributed by atoms with Crippen molar-refractivity contribution in [2.24, 2.45) is 5.92 Å². The number of aliphatic carboxylic acids is 4. The fourth-order valence-corrected chi connectivity index (χ4v) is 3.17. The molecule has 0 saturated heterocycles. The number of nitrogens with one attached hydrogen (secondary N) is 3. The highest BCUT2D eigenvalue weighted by Crippen LogP contribution is 2.10. The molecule has 3 unspecified atom stereocenters. The number of ether oxygens (including phenoxy) is 1. The van der Waals surface area contributed by atoms with Crippen molar-refractivity contribution >= 4 is 47.6 Å². The quantitative estimate of drug-likeness (QED) is 0.0958. The van der Waals surface area contributed by atoms with Crippen LogP contribution in [0.15, 0.2) is 0 Å². The number of carbonyl (C=O) groups excluding carboxylic acids is 4. The maximum Gasteiger partial charge on any atom is 0.326 e. The predicted molar refractivity (Wildman–Crippen MR) is 134 cm³/mol. The average Bonchev–Trinajstić information content (AvgIpc) is 2.80. The molecule has 0 aromatic heterocycles. The first-order valence-electron chi connectivity index (χ1n) is 12.4. The zero-order valence-electron chi connectivity index (χ0n) is 22.6. The van der Waals surface area contributed by atoms with Gasteiger partial charge in [0, 0.05) is 32.2 Å². The first-order valence-corrected chi connectivity index (χ1v) is 12.4. The standard InChI is InChI=1S/C24H37N3O13/c1-24(2,3)40-20(34)11-8-17(29)26-14(21(35)25-12-13(22(36)37)4-9-18(30)31)5-7-16(28)27-15(23(38)39)6-10-19(32)33/h13-15H,4-12H2,1-3H3,(H,25,35)(H,26,29)(H,27,28)(H,30,31)(H,32,33)(H,36,37)(H,38,39). The van der Waals surface area contributed by atoms with Gasteiger partial charge in [-0.2, -0.15) is 0 Å². The maximum absolute atomic E-state index is 12.8. The number of carboxylic acid groups (broad SMARTS) is 4. The lowest BCUT2D eigenvalue weighted by Gasteiger charge is -2.21. The molecule has 0 rings (SSSR count). The molecule has 3 atom stereocenters. The number of rotatable bonds is 19. The Morgan fingerprint density at radius 1 is 0.650 bits per heavy atom. The summed E-state index contributed by atoms with van der Waals surface area (Å²) in [7, 11) is 0. The third-order valence-electron chi connectivity index (χ3n) is 5.15. The summed E-state index contributed by atoms with van der Waals surface area (Å²) in [6, 6.07) is -2.92. The van der Waals surface area contributed by atoms with Gasteiger partial charge in [-0.3, -0.25) is 33.6 Å². The number of hydrogen-bond donors (Lipinski definition) is 7. The van der Waals surface area contributed by atoms with Gasteiger partial charge in [-0.15, -0.1) is 0 Å². The van der Waals surface area contributed by atoms with Gasteiger partial charge < -0.3 is 41.1 Å². The first-order chi connectivity index (χ1) is 18.4. The van der Waals surface area contributed by atoms with Crippen LogP contribution in [0.1, 0.15) is 72.1 Å². The Morgan fingerprint density at radius 2 is 1.15 bits per heavy atom. The van der Waals surface area contributed by atoms with Crippen molar-refractivity contribution in [1.29, 1.82) is 0 Å². The Kier molecular flexibility index (Phi) is 15.5. The van der Waals surface area contributed by atoms with Gasteiger partial charge in [-0.25, -0.2) is 4.79 Å². The number of esters is 1. The summed E-state index contributed by atoms with van der Waals surface area (Å²) in [6.45, 7) is 4.42. The molecule has 16 heteroatoms. The largest absolute Gasteiger partial charge is 0.481 e. The molecule has 0 aliphatic heterocycles. The van der Waals surface area contributed by atoms with Gasteiger partial charge in [-0.05, 0) is 40.0 Å². The average molecular weight is 576 g/mol. The summed E-state index contributed by atoms with van der Waals surface area (Å²) in [4.78, 5) is 93.5. The van der Waals surface area contributed by atoms with Crippen molar-refractivity contribution < 1.29 is 63.5 Å². The highest BCUT2D eigenvalue weighted by Gasteiger charge is 2.27. The van der Waals surface area contributed by atoms with E-state index in [1.54, 1.807) is 20.8 Å². The molecule has 0 aromatic carbocycles. The molecule has 0 radical (unpaired) electrons. The summed E-state index contributed by atoms with van der Waals surface area (Å²) in [5.41, 5.74) is -0.789. The molecule has 0 fully saturated rings. The van der Waals surface area contributed by atoms with Gasteiger partial charge in [-0.1, -0.05) is 0 Å². The van der Waals surface area contributed by atoms with Gasteiger partial charge >= 0.3 is 29.8 Å². The SMILES string of the molecule is CC(C)(C)OC(=O)CCC(=O)NC(CCC(=O)NC(CCC(=O)O)C(=O)O)C(=O)NCC(CCC(=O)O)C(=O)O. The van der Waals surface area contributed by atoms with Crippen LogP contribution in [0, 0.1) is 5.92 Å². The zero-order chi connectivity index (χ0) is 31.0. The van der Waals surface area contributed by atoms with Crippen LogP contribution in [0.3, 0.4) is 0 Å². The van der Waals surface area contributed by atoms with E-state index in [2.05, 4.69) is 16.0 Å². The third-order valence-corrected chi connectivity index (χ3v) is 5.15. The maximum atomic E-state index is 12.8. The molecular weight excluding hydrogens is 538 g/mol. The van der Waals surface area contributed by atoms with Crippen LogP contribution in [0.2, 0.25) is 0 Å². The fraction of sp³-hybridized carbons (Fsp3) is 0.667. The van der Waals surface area contributed by atoms with Gasteiger partial charge in [0.1, 0.15) is 17.7 Å². The van der Waals surface area contributed by atoms with E-state index in [0.717, 1.165) is 0 Å². The van der Waals surface area contributed by atoms with Gasteiger partial charge in [0.05, 0.1) is 12.3 Å². The summed E-state index contributed by atoms with van der Waals surface area (Å²) >= 11 is 0. The minimum absolute atomic E-state index is 0.285. The monoisotopic (exact) mass is 575 g/mol. The highest BCUT2D eigenvalue weighted by atomic mass is 16.6. The molecule has 40 heavy (non-hydrogen) atoms. The van der Waals surface area contributed by atoms with Crippen LogP contribution in [-0.4, -0.2) is 92.2 Å². The summed E-state index contributed by atoms with van der Waals surface area (Å²) in [5.74, 6) is -9.79. The predicted octanol–water partition coefficient (Wildman–Crippen LogP) is -0.511. The summed E-state index contributed by atoms with van der Waals surface area (Å²) < 4.78 is 5.10. The Labute approximate surface area is 229 Å². The third kappa shape index (κ3) is 17.3. The number of amides is 3. The smallest absolute Gasteiger partial charge is 0.326 e. The van der Waals surface area contributed by atoms with Crippen molar-refractivity contribution in [1.82, 2.24) is 16.0 Å². The molecule has 7 N–H and O–H groups in total. The molecule has 0 aliphatic carbocycles. The Balaban J connectivity index is 5.36. The molecule has 0 saturated carbocycles. The van der Waals surface area contributed by atoms with Crippen molar-refractivity contribution in [3.05, 3.63) is 0 Å². The van der Waals surface area contributed by atoms with Crippen LogP contribution in [-0.2, 0) is 43.1 Å². The fourth-order valence-electron chi connectivity index (χ4n) is 3.17. The van der Waals surface area contributed by atoms with Crippen molar-refractivity contribution in [2.75, 3.05) is 6.54 Å². The molecule has 0 spiro atoms. The van der Waals surface area contributed by atoms with Gasteiger partial charge in [0.2, 0.25) is 17.7 Å². The first kappa shape index (κ1) is 35.8. The number of carbonyl (C=O) groups is 8. The Morgan fingerprint density at radius 3 is 1.65 bits per heavy atom. The van der Waals surface area contributed by atoms with Gasteiger partial charge in [0.15, 0.2) is 0 Å². The van der Waals surface area contributed by atoms with Crippen LogP contribution in [0.4, 0.5) is 0 Å². The molecule has 0 heterocycles. The van der Waals surface area contributed by atoms with Crippen LogP contribution >= 0.6 is 0 Å². The second-order valence-corrected chi connectivity index (χ2v) is 9.85. The number of hydrogen-bond acceptors (Lipinski definition) is 9. The minimum atomic E-state index is -1.51. The van der Waals surface area contributed by atoms with E-state index in [4.69, 9.17) is 14.9 Å². The van der Waals surface area contributed by atoms with E-state index >= 15 is 0 Å². The topological polar surface area (TPSA) is 263 Å². The summed E-state index contributed by atoms with van der Waals surface area (Å²) in [6.07, 6.45) is -3.22. The van der Waals surface area contributed by atoms with Gasteiger partial charge in [0.25, 0.3) is 0 Å².